The van der Waals surface area contributed by atoms with E-state index in [4.69, 9.17) is 0 Å². The number of aromatic nitrogens is 1. The van der Waals surface area contributed by atoms with Gasteiger partial charge in [0.15, 0.2) is 0 Å². The summed E-state index contributed by atoms with van der Waals surface area (Å²) < 4.78 is 0. The van der Waals surface area contributed by atoms with Crippen LogP contribution >= 0.6 is 0 Å². The molecule has 0 aliphatic heterocycles. The number of nitrogens with zero attached hydrogens (tertiary/aromatic N) is 1. The average Bonchev–Trinajstić information content (AvgIpc) is 2.49. The van der Waals surface area contributed by atoms with Gasteiger partial charge in [-0.05, 0) is 34.9 Å². The van der Waals surface area contributed by atoms with Crippen molar-refractivity contribution in [1.29, 1.82) is 0 Å². The summed E-state index contributed by atoms with van der Waals surface area (Å²) in [7, 11) is 0. The molecule has 1 radical (unpaired) electrons. The van der Waals surface area contributed by atoms with Gasteiger partial charge in [-0.3, -0.25) is 4.98 Å². The molecule has 2 aromatic carbocycles. The van der Waals surface area contributed by atoms with E-state index in [9.17, 15) is 0 Å². The zero-order chi connectivity index (χ0) is 12.2. The van der Waals surface area contributed by atoms with E-state index in [-0.39, 0.29) is 0 Å². The summed E-state index contributed by atoms with van der Waals surface area (Å²) in [5.74, 6) is 0. The maximum atomic E-state index is 4.19. The van der Waals surface area contributed by atoms with Crippen molar-refractivity contribution >= 4 is 0 Å². The van der Waals surface area contributed by atoms with Crippen molar-refractivity contribution in [2.24, 2.45) is 0 Å². The lowest BCUT2D eigenvalue weighted by Crippen LogP contribution is -1.85. The molecule has 1 heteroatoms. The van der Waals surface area contributed by atoms with E-state index < -0.39 is 0 Å². The molecule has 3 aromatic rings. The van der Waals surface area contributed by atoms with Gasteiger partial charge in [-0.1, -0.05) is 48.5 Å². The summed E-state index contributed by atoms with van der Waals surface area (Å²) in [5, 5.41) is 0. The molecule has 0 saturated heterocycles. The highest BCUT2D eigenvalue weighted by Gasteiger charge is 2.05. The molecule has 0 unspecified atom stereocenters. The normalized spacial score (nSPS) is 10.2. The molecular formula is C17H12N. The van der Waals surface area contributed by atoms with Gasteiger partial charge in [-0.15, -0.1) is 0 Å². The SMILES string of the molecule is [c]1cccc(-c2ccccc2-c2cccnc2)c1. The molecule has 0 aliphatic rings. The zero-order valence-corrected chi connectivity index (χ0v) is 9.88. The van der Waals surface area contributed by atoms with Gasteiger partial charge in [0.1, 0.15) is 0 Å². The molecule has 18 heavy (non-hydrogen) atoms. The monoisotopic (exact) mass is 230 g/mol. The Balaban J connectivity index is 2.18. The van der Waals surface area contributed by atoms with Crippen LogP contribution in [-0.2, 0) is 0 Å². The summed E-state index contributed by atoms with van der Waals surface area (Å²) in [6, 6.07) is 23.6. The molecular weight excluding hydrogens is 218 g/mol. The van der Waals surface area contributed by atoms with Crippen LogP contribution in [0.15, 0.2) is 73.1 Å². The smallest absolute Gasteiger partial charge is 0.0346 e. The topological polar surface area (TPSA) is 12.9 Å². The van der Waals surface area contributed by atoms with Gasteiger partial charge in [-0.25, -0.2) is 0 Å². The van der Waals surface area contributed by atoms with Crippen molar-refractivity contribution in [3.05, 3.63) is 79.1 Å². The minimum atomic E-state index is 1.14. The number of benzene rings is 2. The lowest BCUT2D eigenvalue weighted by atomic mass is 9.96. The Morgan fingerprint density at radius 2 is 1.56 bits per heavy atom. The van der Waals surface area contributed by atoms with Gasteiger partial charge in [0.05, 0.1) is 0 Å². The van der Waals surface area contributed by atoms with Gasteiger partial charge in [0, 0.05) is 18.0 Å². The third-order valence-electron chi connectivity index (χ3n) is 2.92. The molecule has 0 saturated carbocycles. The van der Waals surface area contributed by atoms with Crippen LogP contribution in [0.5, 0.6) is 0 Å². The average molecular weight is 230 g/mol. The summed E-state index contributed by atoms with van der Waals surface area (Å²) in [6.07, 6.45) is 3.69. The van der Waals surface area contributed by atoms with Crippen molar-refractivity contribution in [3.63, 3.8) is 0 Å². The van der Waals surface area contributed by atoms with Gasteiger partial charge in [-0.2, -0.15) is 0 Å². The summed E-state index contributed by atoms with van der Waals surface area (Å²) >= 11 is 0. The van der Waals surface area contributed by atoms with Crippen molar-refractivity contribution in [1.82, 2.24) is 4.98 Å². The predicted octanol–water partition coefficient (Wildman–Crippen LogP) is 4.22. The largest absolute Gasteiger partial charge is 0.264 e. The van der Waals surface area contributed by atoms with Crippen LogP contribution in [0.3, 0.4) is 0 Å². The van der Waals surface area contributed by atoms with Crippen molar-refractivity contribution in [3.8, 4) is 22.3 Å². The van der Waals surface area contributed by atoms with Crippen LogP contribution in [-0.4, -0.2) is 4.98 Å². The summed E-state index contributed by atoms with van der Waals surface area (Å²) in [6.45, 7) is 0. The van der Waals surface area contributed by atoms with Crippen molar-refractivity contribution < 1.29 is 0 Å². The molecule has 0 bridgehead atoms. The van der Waals surface area contributed by atoms with Crippen LogP contribution in [0.2, 0.25) is 0 Å². The third-order valence-corrected chi connectivity index (χ3v) is 2.92. The molecule has 1 heterocycles. The quantitative estimate of drug-likeness (QED) is 0.642. The van der Waals surface area contributed by atoms with E-state index in [0.29, 0.717) is 0 Å². The molecule has 1 aromatic heterocycles. The van der Waals surface area contributed by atoms with Gasteiger partial charge in [0.2, 0.25) is 0 Å². The first kappa shape index (κ1) is 10.7. The second kappa shape index (κ2) is 4.84. The molecule has 0 N–H and O–H groups in total. The van der Waals surface area contributed by atoms with E-state index in [0.717, 1.165) is 5.56 Å². The van der Waals surface area contributed by atoms with Crippen LogP contribution in [0.1, 0.15) is 0 Å². The first-order chi connectivity index (χ1) is 8.95. The summed E-state index contributed by atoms with van der Waals surface area (Å²) in [5.41, 5.74) is 4.72. The van der Waals surface area contributed by atoms with Crippen molar-refractivity contribution in [2.45, 2.75) is 0 Å². The maximum absolute atomic E-state index is 4.19. The maximum Gasteiger partial charge on any atom is 0.0346 e. The minimum absolute atomic E-state index is 1.14. The molecule has 0 amide bonds. The molecule has 3 rings (SSSR count). The van der Waals surface area contributed by atoms with E-state index in [1.807, 2.05) is 30.5 Å². The first-order valence-electron chi connectivity index (χ1n) is 5.91. The van der Waals surface area contributed by atoms with E-state index in [1.165, 1.54) is 16.7 Å². The fraction of sp³-hybridized carbons (Fsp3) is 0. The standard InChI is InChI=1S/C17H12N/c1-2-7-14(8-3-1)16-10-4-5-11-17(16)15-9-6-12-18-13-15/h1-2,4-13H. The van der Waals surface area contributed by atoms with Crippen LogP contribution < -0.4 is 0 Å². The third kappa shape index (κ3) is 2.03. The predicted molar refractivity (Wildman–Crippen MR) is 73.9 cm³/mol. The Hall–Kier alpha value is -2.41. The van der Waals surface area contributed by atoms with E-state index >= 15 is 0 Å². The molecule has 1 nitrogen and oxygen atoms in total. The van der Waals surface area contributed by atoms with Gasteiger partial charge < -0.3 is 0 Å². The van der Waals surface area contributed by atoms with Crippen LogP contribution in [0.25, 0.3) is 22.3 Å². The zero-order valence-electron chi connectivity index (χ0n) is 9.88. The molecule has 0 aliphatic carbocycles. The van der Waals surface area contributed by atoms with E-state index in [1.54, 1.807) is 6.20 Å². The number of pyridine rings is 1. The van der Waals surface area contributed by atoms with E-state index in [2.05, 4.69) is 47.4 Å². The Kier molecular flexibility index (Phi) is 2.89. The van der Waals surface area contributed by atoms with Crippen LogP contribution in [0.4, 0.5) is 0 Å². The molecule has 0 fully saturated rings. The molecule has 85 valence electrons. The Bertz CT molecular complexity index is 572. The number of hydrogen-bond donors (Lipinski definition) is 0. The lowest BCUT2D eigenvalue weighted by Gasteiger charge is -2.09. The summed E-state index contributed by atoms with van der Waals surface area (Å²) in [4.78, 5) is 4.19. The molecule has 0 atom stereocenters. The number of hydrogen-bond acceptors (Lipinski definition) is 1. The number of rotatable bonds is 2. The highest BCUT2D eigenvalue weighted by Crippen LogP contribution is 2.30. The minimum Gasteiger partial charge on any atom is -0.264 e. The van der Waals surface area contributed by atoms with Gasteiger partial charge >= 0.3 is 0 Å². The van der Waals surface area contributed by atoms with Gasteiger partial charge in [0.25, 0.3) is 0 Å². The fourth-order valence-electron chi connectivity index (χ4n) is 2.07. The first-order valence-corrected chi connectivity index (χ1v) is 5.91. The second-order valence-electron chi connectivity index (χ2n) is 4.08. The van der Waals surface area contributed by atoms with Crippen LogP contribution in [0, 0.1) is 6.07 Å². The fourth-order valence-corrected chi connectivity index (χ4v) is 2.07. The lowest BCUT2D eigenvalue weighted by molar-refractivity contribution is 1.33. The van der Waals surface area contributed by atoms with Crippen molar-refractivity contribution in [2.75, 3.05) is 0 Å². The highest BCUT2D eigenvalue weighted by atomic mass is 14.6. The Labute approximate surface area is 107 Å². The second-order valence-corrected chi connectivity index (χ2v) is 4.08. The Morgan fingerprint density at radius 3 is 2.22 bits per heavy atom. The highest BCUT2D eigenvalue weighted by molar-refractivity contribution is 5.82. The molecule has 0 spiro atoms. The Morgan fingerprint density at radius 1 is 0.778 bits per heavy atom.